The largest absolute Gasteiger partial charge is 0.497 e. The van der Waals surface area contributed by atoms with Crippen LogP contribution in [0, 0.1) is 0 Å². The van der Waals surface area contributed by atoms with Gasteiger partial charge in [0.25, 0.3) is 0 Å². The van der Waals surface area contributed by atoms with Crippen LogP contribution in [0.15, 0.2) is 36.4 Å². The highest BCUT2D eigenvalue weighted by molar-refractivity contribution is 5.46. The molecule has 1 unspecified atom stereocenters. The summed E-state index contributed by atoms with van der Waals surface area (Å²) in [6.45, 7) is 2.59. The van der Waals surface area contributed by atoms with Crippen LogP contribution in [0.4, 0.5) is 0 Å². The summed E-state index contributed by atoms with van der Waals surface area (Å²) >= 11 is 0. The number of ether oxygens (including phenoxy) is 4. The first-order valence-electron chi connectivity index (χ1n) is 7.89. The van der Waals surface area contributed by atoms with E-state index in [9.17, 15) is 0 Å². The minimum absolute atomic E-state index is 0.0259. The molecule has 3 rings (SSSR count). The van der Waals surface area contributed by atoms with E-state index in [-0.39, 0.29) is 6.10 Å². The molecule has 4 heteroatoms. The van der Waals surface area contributed by atoms with Crippen molar-refractivity contribution in [3.05, 3.63) is 47.5 Å². The summed E-state index contributed by atoms with van der Waals surface area (Å²) in [5, 5.41) is 0. The fourth-order valence-electron chi connectivity index (χ4n) is 2.88. The summed E-state index contributed by atoms with van der Waals surface area (Å²) < 4.78 is 22.6. The molecule has 122 valence electrons. The van der Waals surface area contributed by atoms with E-state index in [1.807, 2.05) is 37.3 Å². The number of rotatable bonds is 5. The molecule has 0 saturated carbocycles. The Morgan fingerprint density at radius 3 is 2.52 bits per heavy atom. The third kappa shape index (κ3) is 3.21. The monoisotopic (exact) mass is 314 g/mol. The van der Waals surface area contributed by atoms with Crippen molar-refractivity contribution in [3.8, 4) is 23.0 Å². The van der Waals surface area contributed by atoms with Crippen LogP contribution in [-0.4, -0.2) is 20.8 Å². The highest BCUT2D eigenvalue weighted by Crippen LogP contribution is 2.40. The maximum Gasteiger partial charge on any atom is 0.129 e. The summed E-state index contributed by atoms with van der Waals surface area (Å²) in [5.74, 6) is 3.31. The van der Waals surface area contributed by atoms with Crippen LogP contribution in [0.2, 0.25) is 0 Å². The molecule has 0 aromatic heterocycles. The Bertz CT molecular complexity index is 681. The maximum absolute atomic E-state index is 6.22. The van der Waals surface area contributed by atoms with Gasteiger partial charge in [0.05, 0.1) is 20.8 Å². The highest BCUT2D eigenvalue weighted by Gasteiger charge is 2.24. The van der Waals surface area contributed by atoms with E-state index >= 15 is 0 Å². The molecule has 1 atom stereocenters. The van der Waals surface area contributed by atoms with Gasteiger partial charge in [0.2, 0.25) is 0 Å². The number of methoxy groups -OCH3 is 2. The molecule has 0 saturated heterocycles. The van der Waals surface area contributed by atoms with Crippen LogP contribution in [0.5, 0.6) is 23.0 Å². The molecule has 0 amide bonds. The van der Waals surface area contributed by atoms with Gasteiger partial charge in [-0.15, -0.1) is 0 Å². The van der Waals surface area contributed by atoms with E-state index in [2.05, 4.69) is 6.07 Å². The molecule has 2 aromatic rings. The summed E-state index contributed by atoms with van der Waals surface area (Å²) in [6, 6.07) is 11.9. The molecular weight excluding hydrogens is 292 g/mol. The third-order valence-corrected chi connectivity index (χ3v) is 4.09. The first-order chi connectivity index (χ1) is 11.2. The summed E-state index contributed by atoms with van der Waals surface area (Å²) in [4.78, 5) is 0. The summed E-state index contributed by atoms with van der Waals surface area (Å²) in [5.41, 5.74) is 2.27. The molecule has 0 radical (unpaired) electrons. The first-order valence-corrected chi connectivity index (χ1v) is 7.89. The third-order valence-electron chi connectivity index (χ3n) is 4.09. The van der Waals surface area contributed by atoms with Crippen molar-refractivity contribution in [1.29, 1.82) is 0 Å². The van der Waals surface area contributed by atoms with Gasteiger partial charge in [-0.05, 0) is 43.5 Å². The zero-order chi connectivity index (χ0) is 16.2. The number of hydrogen-bond acceptors (Lipinski definition) is 4. The lowest BCUT2D eigenvalue weighted by molar-refractivity contribution is 0.170. The van der Waals surface area contributed by atoms with Crippen molar-refractivity contribution in [3.63, 3.8) is 0 Å². The van der Waals surface area contributed by atoms with Gasteiger partial charge in [0.15, 0.2) is 0 Å². The normalized spacial score (nSPS) is 16.2. The zero-order valence-electron chi connectivity index (χ0n) is 13.8. The van der Waals surface area contributed by atoms with Crippen molar-refractivity contribution in [2.24, 2.45) is 0 Å². The van der Waals surface area contributed by atoms with Crippen LogP contribution >= 0.6 is 0 Å². The first kappa shape index (κ1) is 15.5. The Hall–Kier alpha value is -2.36. The van der Waals surface area contributed by atoms with E-state index in [4.69, 9.17) is 18.9 Å². The van der Waals surface area contributed by atoms with Crippen molar-refractivity contribution >= 4 is 0 Å². The fraction of sp³-hybridized carbons (Fsp3) is 0.368. The van der Waals surface area contributed by atoms with Crippen LogP contribution in [0.3, 0.4) is 0 Å². The van der Waals surface area contributed by atoms with Crippen molar-refractivity contribution in [2.45, 2.75) is 25.9 Å². The van der Waals surface area contributed by atoms with Crippen LogP contribution in [0.1, 0.15) is 30.6 Å². The predicted octanol–water partition coefficient (Wildman–Crippen LogP) is 4.17. The zero-order valence-corrected chi connectivity index (χ0v) is 13.8. The molecule has 0 N–H and O–H groups in total. The van der Waals surface area contributed by atoms with E-state index in [0.29, 0.717) is 6.61 Å². The molecule has 4 nitrogen and oxygen atoms in total. The molecule has 1 aliphatic rings. The second-order valence-corrected chi connectivity index (χ2v) is 5.46. The van der Waals surface area contributed by atoms with Gasteiger partial charge >= 0.3 is 0 Å². The van der Waals surface area contributed by atoms with Crippen LogP contribution < -0.4 is 18.9 Å². The lowest BCUT2D eigenvalue weighted by atomic mass is 9.96. The fourth-order valence-corrected chi connectivity index (χ4v) is 2.88. The second-order valence-electron chi connectivity index (χ2n) is 5.46. The Balaban J connectivity index is 1.90. The summed E-state index contributed by atoms with van der Waals surface area (Å²) in [6.07, 6.45) is 1.87. The van der Waals surface area contributed by atoms with Crippen molar-refractivity contribution < 1.29 is 18.9 Å². The van der Waals surface area contributed by atoms with E-state index in [1.54, 1.807) is 14.2 Å². The van der Waals surface area contributed by atoms with Crippen LogP contribution in [-0.2, 0) is 6.42 Å². The molecule has 0 bridgehead atoms. The van der Waals surface area contributed by atoms with Gasteiger partial charge in [-0.2, -0.15) is 0 Å². The summed E-state index contributed by atoms with van der Waals surface area (Å²) in [7, 11) is 3.32. The molecular formula is C19H22O4. The Labute approximate surface area is 136 Å². The van der Waals surface area contributed by atoms with Gasteiger partial charge in [0, 0.05) is 17.7 Å². The SMILES string of the molecule is CCOc1cc(OC)ccc1C1CCc2ccc(OC)cc2O1. The molecule has 1 heterocycles. The number of fused-ring (bicyclic) bond motifs is 1. The van der Waals surface area contributed by atoms with Gasteiger partial charge in [0.1, 0.15) is 29.1 Å². The van der Waals surface area contributed by atoms with Crippen LogP contribution in [0.25, 0.3) is 0 Å². The van der Waals surface area contributed by atoms with E-state index < -0.39 is 0 Å². The Kier molecular flexibility index (Phi) is 4.60. The molecule has 2 aromatic carbocycles. The van der Waals surface area contributed by atoms with E-state index in [0.717, 1.165) is 41.4 Å². The Morgan fingerprint density at radius 1 is 1.04 bits per heavy atom. The minimum atomic E-state index is -0.0259. The maximum atomic E-state index is 6.22. The second kappa shape index (κ2) is 6.82. The molecule has 0 aliphatic carbocycles. The topological polar surface area (TPSA) is 36.9 Å². The molecule has 1 aliphatic heterocycles. The van der Waals surface area contributed by atoms with Gasteiger partial charge in [-0.1, -0.05) is 6.07 Å². The number of aryl methyl sites for hydroxylation is 1. The number of benzene rings is 2. The quantitative estimate of drug-likeness (QED) is 0.830. The van der Waals surface area contributed by atoms with E-state index in [1.165, 1.54) is 5.56 Å². The highest BCUT2D eigenvalue weighted by atomic mass is 16.5. The minimum Gasteiger partial charge on any atom is -0.497 e. The Morgan fingerprint density at radius 2 is 1.78 bits per heavy atom. The van der Waals surface area contributed by atoms with Crippen molar-refractivity contribution in [2.75, 3.05) is 20.8 Å². The average Bonchev–Trinajstić information content (AvgIpc) is 2.61. The lowest BCUT2D eigenvalue weighted by Gasteiger charge is -2.28. The van der Waals surface area contributed by atoms with Gasteiger partial charge in [-0.25, -0.2) is 0 Å². The van der Waals surface area contributed by atoms with Gasteiger partial charge in [-0.3, -0.25) is 0 Å². The standard InChI is InChI=1S/C19H22O4/c1-4-22-19-12-15(21-3)8-9-16(19)17-10-6-13-5-7-14(20-2)11-18(13)23-17/h5,7-9,11-12,17H,4,6,10H2,1-3H3. The molecule has 23 heavy (non-hydrogen) atoms. The molecule has 0 fully saturated rings. The smallest absolute Gasteiger partial charge is 0.129 e. The molecule has 0 spiro atoms. The van der Waals surface area contributed by atoms with Gasteiger partial charge < -0.3 is 18.9 Å². The predicted molar refractivity (Wildman–Crippen MR) is 88.8 cm³/mol. The number of hydrogen-bond donors (Lipinski definition) is 0. The average molecular weight is 314 g/mol. The lowest BCUT2D eigenvalue weighted by Crippen LogP contribution is -2.16. The van der Waals surface area contributed by atoms with Crippen molar-refractivity contribution in [1.82, 2.24) is 0 Å².